The van der Waals surface area contributed by atoms with Crippen LogP contribution in [0.15, 0.2) is 41.8 Å². The number of benzene rings is 1. The summed E-state index contributed by atoms with van der Waals surface area (Å²) < 4.78 is 39.9. The number of allylic oxidation sites excluding steroid dienone is 1. The predicted molar refractivity (Wildman–Crippen MR) is 193 cm³/mol. The van der Waals surface area contributed by atoms with Gasteiger partial charge < -0.3 is 25.0 Å². The maximum Gasteiger partial charge on any atom is 0.318 e. The van der Waals surface area contributed by atoms with Gasteiger partial charge in [0.2, 0.25) is 15.9 Å². The number of thiazole rings is 1. The second-order valence-electron chi connectivity index (χ2n) is 14.2. The van der Waals surface area contributed by atoms with Crippen LogP contribution in [-0.4, -0.2) is 84.3 Å². The minimum Gasteiger partial charge on any atom is -0.497 e. The van der Waals surface area contributed by atoms with Gasteiger partial charge in [0.25, 0.3) is 5.91 Å². The van der Waals surface area contributed by atoms with E-state index in [1.807, 2.05) is 41.8 Å². The van der Waals surface area contributed by atoms with Crippen molar-refractivity contribution in [3.8, 4) is 22.2 Å². The van der Waals surface area contributed by atoms with Crippen LogP contribution in [0.2, 0.25) is 0 Å². The number of hydrogen-bond acceptors (Lipinski definition) is 10. The van der Waals surface area contributed by atoms with Crippen molar-refractivity contribution < 1.29 is 32.3 Å². The summed E-state index contributed by atoms with van der Waals surface area (Å²) in [5, 5.41) is 8.77. The van der Waals surface area contributed by atoms with E-state index in [9.17, 15) is 22.8 Å². The standard InChI is InChI=1S/C36H44N6O7S2/c1-21(2)29-20-50-33(39-29)28-17-31(26-13-10-23(48-3)15-27(26)38-28)49-24-16-30-32(43)40-36(34(44)41-51(46,47)25-11-12-25)18-22(36)9-7-5-4-6-8-14-37-35(45)42(30)19-24/h7,9-10,13,15,17,20-22,24-25,30H,4-6,8,11-12,14,16,18-19H2,1-3H3,(H,37,45)(H,40,43)(H,41,44)/b9-7-. The van der Waals surface area contributed by atoms with E-state index in [1.165, 1.54) is 16.2 Å². The molecule has 4 aliphatic rings. The van der Waals surface area contributed by atoms with Gasteiger partial charge in [-0.15, -0.1) is 11.3 Å². The summed E-state index contributed by atoms with van der Waals surface area (Å²) >= 11 is 1.50. The Morgan fingerprint density at radius 3 is 2.71 bits per heavy atom. The van der Waals surface area contributed by atoms with E-state index >= 15 is 0 Å². The summed E-state index contributed by atoms with van der Waals surface area (Å²) in [5.74, 6) is -0.218. The molecule has 4 amide bonds. The number of nitrogens with one attached hydrogen (secondary N) is 3. The van der Waals surface area contributed by atoms with Crippen LogP contribution < -0.4 is 24.8 Å². The summed E-state index contributed by atoms with van der Waals surface area (Å²) in [6.07, 6.45) is 8.10. The quantitative estimate of drug-likeness (QED) is 0.279. The SMILES string of the molecule is COc1ccc2c(OC3CC4C(=O)NC5(C(=O)NS(=O)(=O)C6CC6)CC5/C=C\CCCCCNC(=O)N4C3)cc(-c3nc(C(C)C)cs3)nc2c1. The van der Waals surface area contributed by atoms with Gasteiger partial charge >= 0.3 is 6.03 Å². The lowest BCUT2D eigenvalue weighted by atomic mass is 10.1. The summed E-state index contributed by atoms with van der Waals surface area (Å²) in [7, 11) is -2.24. The van der Waals surface area contributed by atoms with Crippen molar-refractivity contribution >= 4 is 50.1 Å². The van der Waals surface area contributed by atoms with Crippen molar-refractivity contribution in [1.29, 1.82) is 0 Å². The highest BCUT2D eigenvalue weighted by molar-refractivity contribution is 7.91. The fourth-order valence-electron chi connectivity index (χ4n) is 6.80. The van der Waals surface area contributed by atoms with E-state index in [0.717, 1.165) is 41.8 Å². The fraction of sp³-hybridized carbons (Fsp3) is 0.528. The Morgan fingerprint density at radius 1 is 1.14 bits per heavy atom. The molecule has 0 radical (unpaired) electrons. The first-order chi connectivity index (χ1) is 24.5. The average molecular weight is 737 g/mol. The number of nitrogens with zero attached hydrogens (tertiary/aromatic N) is 3. The molecule has 2 aliphatic carbocycles. The van der Waals surface area contributed by atoms with E-state index < -0.39 is 50.8 Å². The number of methoxy groups -OCH3 is 1. The van der Waals surface area contributed by atoms with E-state index in [-0.39, 0.29) is 31.2 Å². The van der Waals surface area contributed by atoms with Gasteiger partial charge in [-0.05, 0) is 56.6 Å². The van der Waals surface area contributed by atoms with E-state index in [0.29, 0.717) is 42.1 Å². The molecular weight excluding hydrogens is 693 g/mol. The number of aromatic nitrogens is 2. The molecule has 1 saturated heterocycles. The van der Waals surface area contributed by atoms with Gasteiger partial charge in [0.15, 0.2) is 0 Å². The van der Waals surface area contributed by atoms with E-state index in [2.05, 4.69) is 29.2 Å². The van der Waals surface area contributed by atoms with Crippen LogP contribution in [0.3, 0.4) is 0 Å². The second-order valence-corrected chi connectivity index (χ2v) is 17.0. The van der Waals surface area contributed by atoms with Gasteiger partial charge in [-0.2, -0.15) is 0 Å². The van der Waals surface area contributed by atoms with Crippen molar-refractivity contribution in [2.45, 2.75) is 94.1 Å². The molecule has 4 heterocycles. The zero-order chi connectivity index (χ0) is 35.9. The van der Waals surface area contributed by atoms with Crippen LogP contribution in [0, 0.1) is 5.92 Å². The Morgan fingerprint density at radius 2 is 1.96 bits per heavy atom. The number of urea groups is 1. The Kier molecular flexibility index (Phi) is 9.69. The highest BCUT2D eigenvalue weighted by Gasteiger charge is 2.62. The number of carbonyl (C=O) groups is 3. The van der Waals surface area contributed by atoms with Crippen LogP contribution >= 0.6 is 11.3 Å². The van der Waals surface area contributed by atoms with Crippen LogP contribution in [0.5, 0.6) is 11.5 Å². The lowest BCUT2D eigenvalue weighted by Crippen LogP contribution is -2.57. The zero-order valence-electron chi connectivity index (χ0n) is 29.0. The van der Waals surface area contributed by atoms with Crippen molar-refractivity contribution in [3.05, 3.63) is 47.5 Å². The summed E-state index contributed by atoms with van der Waals surface area (Å²) in [6.45, 7) is 4.74. The number of amides is 4. The van der Waals surface area contributed by atoms with Gasteiger partial charge in [-0.1, -0.05) is 32.4 Å². The number of carbonyl (C=O) groups excluding carboxylic acids is 3. The largest absolute Gasteiger partial charge is 0.497 e. The van der Waals surface area contributed by atoms with E-state index in [4.69, 9.17) is 19.4 Å². The molecule has 1 aromatic carbocycles. The molecule has 2 aromatic heterocycles. The number of fused-ring (bicyclic) bond motifs is 3. The fourth-order valence-corrected chi connectivity index (χ4v) is 9.11. The number of pyridine rings is 1. The summed E-state index contributed by atoms with van der Waals surface area (Å²) in [4.78, 5) is 52.5. The number of sulfonamides is 1. The highest BCUT2D eigenvalue weighted by atomic mass is 32.2. The monoisotopic (exact) mass is 736 g/mol. The second kappa shape index (κ2) is 14.1. The minimum absolute atomic E-state index is 0.118. The van der Waals surface area contributed by atoms with Gasteiger partial charge in [-0.25, -0.2) is 23.2 Å². The van der Waals surface area contributed by atoms with Gasteiger partial charge in [-0.3, -0.25) is 14.3 Å². The molecule has 7 rings (SSSR count). The molecular formula is C36H44N6O7S2. The average Bonchev–Trinajstić information content (AvgIpc) is 3.97. The highest BCUT2D eigenvalue weighted by Crippen LogP contribution is 2.46. The lowest BCUT2D eigenvalue weighted by Gasteiger charge is -2.26. The molecule has 3 N–H and O–H groups in total. The minimum atomic E-state index is -3.84. The molecule has 13 nitrogen and oxygen atoms in total. The number of rotatable bonds is 8. The molecule has 4 unspecified atom stereocenters. The topological polar surface area (TPSA) is 169 Å². The van der Waals surface area contributed by atoms with Gasteiger partial charge in [0, 0.05) is 41.8 Å². The third kappa shape index (κ3) is 7.41. The number of ether oxygens (including phenoxy) is 2. The van der Waals surface area contributed by atoms with Crippen LogP contribution in [0.4, 0.5) is 4.79 Å². The Balaban J connectivity index is 1.18. The zero-order valence-corrected chi connectivity index (χ0v) is 30.6. The Bertz CT molecular complexity index is 1980. The molecule has 4 atom stereocenters. The molecule has 15 heteroatoms. The molecule has 0 bridgehead atoms. The molecule has 3 aromatic rings. The number of hydrogen-bond donors (Lipinski definition) is 3. The lowest BCUT2D eigenvalue weighted by molar-refractivity contribution is -0.131. The van der Waals surface area contributed by atoms with Crippen LogP contribution in [-0.2, 0) is 19.6 Å². The summed E-state index contributed by atoms with van der Waals surface area (Å²) in [5.41, 5.74) is 0.822. The molecule has 2 saturated carbocycles. The maximum atomic E-state index is 14.1. The normalized spacial score (nSPS) is 26.3. The first kappa shape index (κ1) is 35.2. The van der Waals surface area contributed by atoms with Crippen LogP contribution in [0.1, 0.15) is 76.8 Å². The van der Waals surface area contributed by atoms with Crippen molar-refractivity contribution in [3.63, 3.8) is 0 Å². The van der Waals surface area contributed by atoms with Crippen LogP contribution in [0.25, 0.3) is 21.6 Å². The van der Waals surface area contributed by atoms with E-state index in [1.54, 1.807) is 7.11 Å². The Hall–Kier alpha value is -4.24. The maximum absolute atomic E-state index is 14.1. The third-order valence-electron chi connectivity index (χ3n) is 10.1. The Labute approximate surface area is 301 Å². The molecule has 272 valence electrons. The van der Waals surface area contributed by atoms with Gasteiger partial charge in [0.05, 0.1) is 30.1 Å². The first-order valence-electron chi connectivity index (χ1n) is 17.7. The predicted octanol–water partition coefficient (Wildman–Crippen LogP) is 4.64. The van der Waals surface area contributed by atoms with Crippen molar-refractivity contribution in [1.82, 2.24) is 30.2 Å². The van der Waals surface area contributed by atoms with Gasteiger partial charge in [0.1, 0.15) is 39.9 Å². The molecule has 3 fully saturated rings. The third-order valence-corrected chi connectivity index (χ3v) is 12.8. The summed E-state index contributed by atoms with van der Waals surface area (Å²) in [6, 6.07) is 6.00. The molecule has 0 spiro atoms. The molecule has 2 aliphatic heterocycles. The van der Waals surface area contributed by atoms with Crippen molar-refractivity contribution in [2.24, 2.45) is 5.92 Å². The smallest absolute Gasteiger partial charge is 0.318 e. The van der Waals surface area contributed by atoms with Crippen molar-refractivity contribution in [2.75, 3.05) is 20.2 Å². The molecule has 51 heavy (non-hydrogen) atoms. The first-order valence-corrected chi connectivity index (χ1v) is 20.1.